The van der Waals surface area contributed by atoms with Crippen molar-refractivity contribution in [2.45, 2.75) is 41.0 Å². The summed E-state index contributed by atoms with van der Waals surface area (Å²) in [7, 11) is 1.28. The lowest BCUT2D eigenvalue weighted by Gasteiger charge is -2.16. The van der Waals surface area contributed by atoms with Gasteiger partial charge in [-0.1, -0.05) is 41.0 Å². The van der Waals surface area contributed by atoms with Crippen molar-refractivity contribution >= 4 is 11.9 Å². The monoisotopic (exact) mass is 217 g/mol. The highest BCUT2D eigenvalue weighted by Gasteiger charge is 2.21. The predicted octanol–water partition coefficient (Wildman–Crippen LogP) is 1.74. The third kappa shape index (κ3) is 10.9. The van der Waals surface area contributed by atoms with Crippen molar-refractivity contribution in [1.29, 1.82) is 0 Å². The van der Waals surface area contributed by atoms with Crippen LogP contribution in [0.25, 0.3) is 0 Å². The van der Waals surface area contributed by atoms with E-state index in [1.54, 1.807) is 20.8 Å². The summed E-state index contributed by atoms with van der Waals surface area (Å²) in [5, 5.41) is 2.46. The quantitative estimate of drug-likeness (QED) is 0.717. The van der Waals surface area contributed by atoms with E-state index in [0.29, 0.717) is 0 Å². The van der Waals surface area contributed by atoms with E-state index in [1.807, 2.05) is 0 Å². The van der Waals surface area contributed by atoms with E-state index in [0.717, 1.165) is 0 Å². The van der Waals surface area contributed by atoms with Gasteiger partial charge in [-0.05, 0) is 0 Å². The molecule has 0 aromatic rings. The molecule has 0 spiro atoms. The molecule has 0 saturated heterocycles. The van der Waals surface area contributed by atoms with Gasteiger partial charge in [-0.3, -0.25) is 9.59 Å². The summed E-state index contributed by atoms with van der Waals surface area (Å²) >= 11 is 0. The smallest absolute Gasteiger partial charge is 0.325 e. The molecule has 0 rings (SSSR count). The van der Waals surface area contributed by atoms with Crippen molar-refractivity contribution in [3.63, 3.8) is 0 Å². The van der Waals surface area contributed by atoms with Crippen LogP contribution in [0.3, 0.4) is 0 Å². The maximum Gasteiger partial charge on any atom is 0.325 e. The Kier molecular flexibility index (Phi) is 9.02. The molecule has 0 aromatic carbocycles. The molecule has 15 heavy (non-hydrogen) atoms. The van der Waals surface area contributed by atoms with Gasteiger partial charge in [0.25, 0.3) is 0 Å². The Morgan fingerprint density at radius 3 is 1.87 bits per heavy atom. The van der Waals surface area contributed by atoms with Crippen LogP contribution < -0.4 is 5.32 Å². The molecular weight excluding hydrogens is 194 g/mol. The summed E-state index contributed by atoms with van der Waals surface area (Å²) in [5.74, 6) is -0.597. The molecule has 0 aromatic heterocycles. The molecule has 0 aliphatic heterocycles. The molecule has 0 aliphatic rings. The van der Waals surface area contributed by atoms with Crippen molar-refractivity contribution in [3.8, 4) is 0 Å². The Bertz CT molecular complexity index is 194. The Morgan fingerprint density at radius 1 is 1.20 bits per heavy atom. The summed E-state index contributed by atoms with van der Waals surface area (Å²) < 4.78 is 4.36. The minimum atomic E-state index is -0.464. The molecule has 0 unspecified atom stereocenters. The maximum absolute atomic E-state index is 11.2. The van der Waals surface area contributed by atoms with Crippen LogP contribution in [0.4, 0.5) is 0 Å². The Labute approximate surface area is 92.4 Å². The number of hydrogen-bond donors (Lipinski definition) is 1. The van der Waals surface area contributed by atoms with Crippen molar-refractivity contribution < 1.29 is 14.3 Å². The van der Waals surface area contributed by atoms with Crippen LogP contribution >= 0.6 is 0 Å². The second-order valence-corrected chi connectivity index (χ2v) is 4.22. The molecule has 0 bridgehead atoms. The van der Waals surface area contributed by atoms with Crippen molar-refractivity contribution in [2.75, 3.05) is 13.7 Å². The lowest BCUT2D eigenvalue weighted by atomic mass is 9.96. The third-order valence-electron chi connectivity index (χ3n) is 1.30. The van der Waals surface area contributed by atoms with Gasteiger partial charge in [0, 0.05) is 5.41 Å². The molecule has 1 amide bonds. The van der Waals surface area contributed by atoms with E-state index in [2.05, 4.69) is 23.9 Å². The van der Waals surface area contributed by atoms with Gasteiger partial charge in [-0.2, -0.15) is 0 Å². The molecule has 1 N–H and O–H groups in total. The summed E-state index contributed by atoms with van der Waals surface area (Å²) in [4.78, 5) is 21.8. The highest BCUT2D eigenvalue weighted by Crippen LogP contribution is 2.11. The fraction of sp³-hybridized carbons (Fsp3) is 0.818. The zero-order chi connectivity index (χ0) is 12.5. The van der Waals surface area contributed by atoms with E-state index in [4.69, 9.17) is 0 Å². The van der Waals surface area contributed by atoms with Gasteiger partial charge in [0.2, 0.25) is 5.91 Å². The fourth-order valence-corrected chi connectivity index (χ4v) is 0.490. The number of ether oxygens (including phenoxy) is 1. The summed E-state index contributed by atoms with van der Waals surface area (Å²) in [5.41, 5.74) is -0.464. The lowest BCUT2D eigenvalue weighted by Crippen LogP contribution is -2.38. The van der Waals surface area contributed by atoms with Crippen molar-refractivity contribution in [1.82, 2.24) is 5.32 Å². The van der Waals surface area contributed by atoms with Gasteiger partial charge in [0.05, 0.1) is 7.11 Å². The van der Waals surface area contributed by atoms with Crippen LogP contribution in [-0.4, -0.2) is 25.5 Å². The SMILES string of the molecule is CCC.COC(=O)CNC(=O)C(C)(C)C. The van der Waals surface area contributed by atoms with E-state index in [1.165, 1.54) is 13.5 Å². The molecular formula is C11H23NO3. The zero-order valence-corrected chi connectivity index (χ0v) is 10.6. The molecule has 0 heterocycles. The number of esters is 1. The first kappa shape index (κ1) is 16.4. The van der Waals surface area contributed by atoms with Crippen molar-refractivity contribution in [3.05, 3.63) is 0 Å². The molecule has 0 saturated carbocycles. The van der Waals surface area contributed by atoms with Crippen LogP contribution in [0.5, 0.6) is 0 Å². The largest absolute Gasteiger partial charge is 0.468 e. The second kappa shape index (κ2) is 8.26. The standard InChI is InChI=1S/C8H15NO3.C3H8/c1-8(2,3)7(11)9-5-6(10)12-4;1-3-2/h5H2,1-4H3,(H,9,11);3H2,1-2H3. The summed E-state index contributed by atoms with van der Waals surface area (Å²) in [6.45, 7) is 9.52. The molecule has 0 radical (unpaired) electrons. The normalized spacial score (nSPS) is 9.73. The van der Waals surface area contributed by atoms with Gasteiger partial charge >= 0.3 is 5.97 Å². The Balaban J connectivity index is 0. The van der Waals surface area contributed by atoms with E-state index < -0.39 is 11.4 Å². The maximum atomic E-state index is 11.2. The molecule has 90 valence electrons. The fourth-order valence-electron chi connectivity index (χ4n) is 0.490. The number of rotatable bonds is 2. The minimum absolute atomic E-state index is 0.0629. The molecule has 0 aliphatic carbocycles. The highest BCUT2D eigenvalue weighted by molar-refractivity contribution is 5.85. The number of amides is 1. The minimum Gasteiger partial charge on any atom is -0.468 e. The van der Waals surface area contributed by atoms with Crippen molar-refractivity contribution in [2.24, 2.45) is 5.41 Å². The Morgan fingerprint density at radius 2 is 1.60 bits per heavy atom. The van der Waals surface area contributed by atoms with Gasteiger partial charge in [0.15, 0.2) is 0 Å². The number of hydrogen-bond acceptors (Lipinski definition) is 3. The third-order valence-corrected chi connectivity index (χ3v) is 1.30. The number of nitrogens with one attached hydrogen (secondary N) is 1. The second-order valence-electron chi connectivity index (χ2n) is 4.22. The number of methoxy groups -OCH3 is 1. The first-order chi connectivity index (χ1) is 6.79. The van der Waals surface area contributed by atoms with Gasteiger partial charge in [0.1, 0.15) is 6.54 Å². The molecule has 4 heteroatoms. The topological polar surface area (TPSA) is 55.4 Å². The first-order valence-electron chi connectivity index (χ1n) is 5.14. The van der Waals surface area contributed by atoms with Gasteiger partial charge < -0.3 is 10.1 Å². The lowest BCUT2D eigenvalue weighted by molar-refractivity contribution is -0.142. The van der Waals surface area contributed by atoms with Gasteiger partial charge in [-0.15, -0.1) is 0 Å². The van der Waals surface area contributed by atoms with E-state index in [9.17, 15) is 9.59 Å². The predicted molar refractivity (Wildman–Crippen MR) is 60.4 cm³/mol. The molecule has 0 fully saturated rings. The van der Waals surface area contributed by atoms with E-state index >= 15 is 0 Å². The molecule has 0 atom stereocenters. The Hall–Kier alpha value is -1.06. The van der Waals surface area contributed by atoms with Crippen LogP contribution in [0.1, 0.15) is 41.0 Å². The van der Waals surface area contributed by atoms with Crippen LogP contribution in [0, 0.1) is 5.41 Å². The first-order valence-corrected chi connectivity index (χ1v) is 5.14. The molecule has 4 nitrogen and oxygen atoms in total. The van der Waals surface area contributed by atoms with Gasteiger partial charge in [-0.25, -0.2) is 0 Å². The van der Waals surface area contributed by atoms with Crippen LogP contribution in [0.15, 0.2) is 0 Å². The average Bonchev–Trinajstić information content (AvgIpc) is 2.13. The average molecular weight is 217 g/mol. The zero-order valence-electron chi connectivity index (χ0n) is 10.6. The van der Waals surface area contributed by atoms with Crippen LogP contribution in [0.2, 0.25) is 0 Å². The number of carbonyl (C=O) groups excluding carboxylic acids is 2. The summed E-state index contributed by atoms with van der Waals surface area (Å²) in [6.07, 6.45) is 1.25. The van der Waals surface area contributed by atoms with Crippen LogP contribution in [-0.2, 0) is 14.3 Å². The number of carbonyl (C=O) groups is 2. The highest BCUT2D eigenvalue weighted by atomic mass is 16.5. The van der Waals surface area contributed by atoms with E-state index in [-0.39, 0.29) is 12.5 Å². The summed E-state index contributed by atoms with van der Waals surface area (Å²) in [6, 6.07) is 0.